The van der Waals surface area contributed by atoms with E-state index in [1.165, 1.54) is 19.2 Å². The molecule has 0 aliphatic rings. The zero-order chi connectivity index (χ0) is 9.84. The Morgan fingerprint density at radius 1 is 1.54 bits per heavy atom. The Balaban J connectivity index is 2.89. The number of hydrogen-bond donors (Lipinski definition) is 2. The van der Waals surface area contributed by atoms with E-state index < -0.39 is 5.82 Å². The second-order valence-electron chi connectivity index (χ2n) is 2.39. The van der Waals surface area contributed by atoms with Crippen molar-refractivity contribution in [2.75, 3.05) is 12.4 Å². The normalized spacial score (nSPS) is 11.5. The van der Waals surface area contributed by atoms with Crippen molar-refractivity contribution in [3.05, 3.63) is 29.0 Å². The van der Waals surface area contributed by atoms with Crippen LogP contribution in [0.2, 0.25) is 5.02 Å². The van der Waals surface area contributed by atoms with Crippen molar-refractivity contribution >= 4 is 23.2 Å². The summed E-state index contributed by atoms with van der Waals surface area (Å²) in [5.41, 5.74) is 5.86. The van der Waals surface area contributed by atoms with Gasteiger partial charge in [0.2, 0.25) is 0 Å². The molecule has 70 valence electrons. The maximum Gasteiger partial charge on any atom is 0.192 e. The first kappa shape index (κ1) is 9.80. The van der Waals surface area contributed by atoms with Crippen LogP contribution in [0.25, 0.3) is 0 Å². The molecule has 0 unspecified atom stereocenters. The molecule has 1 rings (SSSR count). The summed E-state index contributed by atoms with van der Waals surface area (Å²) in [7, 11) is 1.53. The smallest absolute Gasteiger partial charge is 0.192 e. The Kier molecular flexibility index (Phi) is 3.08. The summed E-state index contributed by atoms with van der Waals surface area (Å²) in [4.78, 5) is 3.66. The predicted molar refractivity (Wildman–Crippen MR) is 52.6 cm³/mol. The van der Waals surface area contributed by atoms with Gasteiger partial charge in [-0.05, 0) is 18.2 Å². The number of guanidine groups is 1. The molecule has 0 radical (unpaired) electrons. The van der Waals surface area contributed by atoms with Crippen LogP contribution in [0.15, 0.2) is 23.2 Å². The van der Waals surface area contributed by atoms with Crippen LogP contribution < -0.4 is 11.1 Å². The summed E-state index contributed by atoms with van der Waals surface area (Å²) in [6, 6.07) is 4.05. The first-order valence-electron chi connectivity index (χ1n) is 3.57. The molecule has 0 spiro atoms. The molecule has 0 aliphatic carbocycles. The molecule has 0 atom stereocenters. The van der Waals surface area contributed by atoms with Crippen molar-refractivity contribution in [2.45, 2.75) is 0 Å². The van der Waals surface area contributed by atoms with E-state index in [0.29, 0.717) is 10.7 Å². The Hall–Kier alpha value is -1.29. The second-order valence-corrected chi connectivity index (χ2v) is 2.83. The van der Waals surface area contributed by atoms with E-state index in [1.54, 1.807) is 6.07 Å². The number of hydrogen-bond acceptors (Lipinski definition) is 1. The molecule has 0 amide bonds. The third-order valence-electron chi connectivity index (χ3n) is 1.38. The molecule has 0 heterocycles. The lowest BCUT2D eigenvalue weighted by molar-refractivity contribution is 0.628. The molecule has 0 aliphatic heterocycles. The molecule has 0 saturated heterocycles. The van der Waals surface area contributed by atoms with Crippen molar-refractivity contribution in [1.82, 2.24) is 0 Å². The molecule has 3 N–H and O–H groups in total. The largest absolute Gasteiger partial charge is 0.370 e. The quantitative estimate of drug-likeness (QED) is 0.538. The van der Waals surface area contributed by atoms with Gasteiger partial charge in [0.1, 0.15) is 5.82 Å². The Bertz CT molecular complexity index is 318. The third kappa shape index (κ3) is 2.91. The summed E-state index contributed by atoms with van der Waals surface area (Å²) in [5.74, 6) is -0.208. The van der Waals surface area contributed by atoms with E-state index in [9.17, 15) is 4.39 Å². The van der Waals surface area contributed by atoms with Crippen molar-refractivity contribution in [3.8, 4) is 0 Å². The number of aliphatic imine (C=N–C) groups is 1. The topological polar surface area (TPSA) is 50.4 Å². The molecule has 0 aromatic heterocycles. The Morgan fingerprint density at radius 3 is 2.77 bits per heavy atom. The zero-order valence-electron chi connectivity index (χ0n) is 7.01. The van der Waals surface area contributed by atoms with Gasteiger partial charge in [-0.25, -0.2) is 4.39 Å². The highest BCUT2D eigenvalue weighted by atomic mass is 35.5. The van der Waals surface area contributed by atoms with Crippen LogP contribution >= 0.6 is 11.6 Å². The summed E-state index contributed by atoms with van der Waals surface area (Å²) in [5, 5.41) is 2.99. The van der Waals surface area contributed by atoms with Gasteiger partial charge in [0.15, 0.2) is 5.96 Å². The van der Waals surface area contributed by atoms with Gasteiger partial charge in [-0.2, -0.15) is 0 Å². The number of halogens is 2. The van der Waals surface area contributed by atoms with Gasteiger partial charge in [0.05, 0.1) is 0 Å². The fourth-order valence-corrected chi connectivity index (χ4v) is 1.05. The lowest BCUT2D eigenvalue weighted by atomic mass is 10.3. The molecule has 3 nitrogen and oxygen atoms in total. The van der Waals surface area contributed by atoms with Crippen LogP contribution in [0.1, 0.15) is 0 Å². The first-order chi connectivity index (χ1) is 6.11. The predicted octanol–water partition coefficient (Wildman–Crippen LogP) is 1.84. The minimum absolute atomic E-state index is 0.210. The molecule has 0 bridgehead atoms. The Labute approximate surface area is 80.4 Å². The van der Waals surface area contributed by atoms with E-state index in [0.717, 1.165) is 0 Å². The van der Waals surface area contributed by atoms with Gasteiger partial charge in [-0.1, -0.05) is 11.6 Å². The van der Waals surface area contributed by atoms with Crippen LogP contribution in [-0.2, 0) is 0 Å². The maximum absolute atomic E-state index is 12.8. The van der Waals surface area contributed by atoms with Crippen LogP contribution in [0.3, 0.4) is 0 Å². The van der Waals surface area contributed by atoms with Crippen LogP contribution in [0, 0.1) is 5.82 Å². The first-order valence-corrected chi connectivity index (χ1v) is 3.95. The van der Waals surface area contributed by atoms with Crippen LogP contribution in [0.4, 0.5) is 10.1 Å². The molecule has 5 heteroatoms. The van der Waals surface area contributed by atoms with E-state index in [1.807, 2.05) is 0 Å². The SMILES string of the molecule is CN=C(N)Nc1cc(F)cc(Cl)c1. The van der Waals surface area contributed by atoms with Crippen molar-refractivity contribution in [1.29, 1.82) is 0 Å². The Morgan fingerprint density at radius 2 is 2.23 bits per heavy atom. The fourth-order valence-electron chi connectivity index (χ4n) is 0.830. The lowest BCUT2D eigenvalue weighted by Crippen LogP contribution is -2.21. The highest BCUT2D eigenvalue weighted by molar-refractivity contribution is 6.30. The van der Waals surface area contributed by atoms with Gasteiger partial charge in [0, 0.05) is 17.8 Å². The summed E-state index contributed by atoms with van der Waals surface area (Å²) in [6.45, 7) is 0. The standard InChI is InChI=1S/C8H9ClFN3/c1-12-8(11)13-7-3-5(9)2-6(10)4-7/h2-4H,1H3,(H3,11,12,13). The molecule has 13 heavy (non-hydrogen) atoms. The van der Waals surface area contributed by atoms with Crippen molar-refractivity contribution in [3.63, 3.8) is 0 Å². The molecule has 0 saturated carbocycles. The average molecular weight is 202 g/mol. The highest BCUT2D eigenvalue weighted by Crippen LogP contribution is 2.17. The number of anilines is 1. The van der Waals surface area contributed by atoms with E-state index in [-0.39, 0.29) is 5.96 Å². The van der Waals surface area contributed by atoms with Crippen molar-refractivity contribution < 1.29 is 4.39 Å². The van der Waals surface area contributed by atoms with Gasteiger partial charge in [-0.3, -0.25) is 4.99 Å². The minimum Gasteiger partial charge on any atom is -0.370 e. The number of nitrogens with one attached hydrogen (secondary N) is 1. The molecular formula is C8H9ClFN3. The second kappa shape index (κ2) is 4.09. The highest BCUT2D eigenvalue weighted by Gasteiger charge is 1.99. The molecule has 1 aromatic carbocycles. The van der Waals surface area contributed by atoms with Crippen LogP contribution in [0.5, 0.6) is 0 Å². The van der Waals surface area contributed by atoms with Crippen LogP contribution in [-0.4, -0.2) is 13.0 Å². The lowest BCUT2D eigenvalue weighted by Gasteiger charge is -2.04. The summed E-state index contributed by atoms with van der Waals surface area (Å²) < 4.78 is 12.8. The molecule has 0 fully saturated rings. The van der Waals surface area contributed by atoms with Gasteiger partial charge in [0.25, 0.3) is 0 Å². The zero-order valence-corrected chi connectivity index (χ0v) is 7.77. The van der Waals surface area contributed by atoms with E-state index >= 15 is 0 Å². The third-order valence-corrected chi connectivity index (χ3v) is 1.59. The number of nitrogens with two attached hydrogens (primary N) is 1. The minimum atomic E-state index is -0.418. The van der Waals surface area contributed by atoms with Gasteiger partial charge < -0.3 is 11.1 Å². The number of benzene rings is 1. The summed E-state index contributed by atoms with van der Waals surface area (Å²) >= 11 is 5.62. The average Bonchev–Trinajstić information content (AvgIpc) is 2.02. The van der Waals surface area contributed by atoms with Gasteiger partial charge >= 0.3 is 0 Å². The number of rotatable bonds is 1. The van der Waals surface area contributed by atoms with Gasteiger partial charge in [-0.15, -0.1) is 0 Å². The maximum atomic E-state index is 12.8. The monoisotopic (exact) mass is 201 g/mol. The summed E-state index contributed by atoms with van der Waals surface area (Å²) in [6.07, 6.45) is 0. The number of nitrogens with zero attached hydrogens (tertiary/aromatic N) is 1. The molecular weight excluding hydrogens is 193 g/mol. The van der Waals surface area contributed by atoms with E-state index in [2.05, 4.69) is 10.3 Å². The molecule has 1 aromatic rings. The van der Waals surface area contributed by atoms with E-state index in [4.69, 9.17) is 17.3 Å². The fraction of sp³-hybridized carbons (Fsp3) is 0.125. The van der Waals surface area contributed by atoms with Crippen molar-refractivity contribution in [2.24, 2.45) is 10.7 Å².